The number of carbonyl (C=O) groups is 1. The molecule has 1 aromatic carbocycles. The standard InChI is InChI=1S/C15H17N3O2/c1-10-14(8-17-20-10)15(19)18(13-5-6-13)9-11-3-2-4-12(16)7-11/h2-4,7-8,13H,5-6,9,16H2,1H3. The van der Waals surface area contributed by atoms with Crippen LogP contribution in [-0.2, 0) is 6.54 Å². The molecule has 0 bridgehead atoms. The molecule has 1 heterocycles. The van der Waals surface area contributed by atoms with Gasteiger partial charge in [0.25, 0.3) is 5.91 Å². The third kappa shape index (κ3) is 2.52. The second-order valence-corrected chi connectivity index (χ2v) is 5.20. The lowest BCUT2D eigenvalue weighted by atomic mass is 10.1. The van der Waals surface area contributed by atoms with Gasteiger partial charge in [-0.15, -0.1) is 0 Å². The smallest absolute Gasteiger partial charge is 0.259 e. The van der Waals surface area contributed by atoms with Gasteiger partial charge >= 0.3 is 0 Å². The summed E-state index contributed by atoms with van der Waals surface area (Å²) in [6, 6.07) is 7.96. The Morgan fingerprint density at radius 1 is 1.50 bits per heavy atom. The summed E-state index contributed by atoms with van der Waals surface area (Å²) in [5.74, 6) is 0.543. The molecule has 0 atom stereocenters. The maximum absolute atomic E-state index is 12.6. The van der Waals surface area contributed by atoms with Crippen molar-refractivity contribution in [3.05, 3.63) is 47.3 Å². The van der Waals surface area contributed by atoms with E-state index in [4.69, 9.17) is 10.3 Å². The van der Waals surface area contributed by atoms with E-state index in [1.165, 1.54) is 6.20 Å². The minimum atomic E-state index is -0.0197. The molecule has 2 N–H and O–H groups in total. The predicted octanol–water partition coefficient (Wildman–Crippen LogP) is 2.37. The number of rotatable bonds is 4. The van der Waals surface area contributed by atoms with Crippen molar-refractivity contribution < 1.29 is 9.32 Å². The Balaban J connectivity index is 1.83. The number of nitrogens with zero attached hydrogens (tertiary/aromatic N) is 2. The van der Waals surface area contributed by atoms with Crippen LogP contribution in [0.4, 0.5) is 5.69 Å². The van der Waals surface area contributed by atoms with E-state index >= 15 is 0 Å². The molecule has 1 amide bonds. The van der Waals surface area contributed by atoms with Crippen LogP contribution in [0.3, 0.4) is 0 Å². The van der Waals surface area contributed by atoms with E-state index in [0.717, 1.165) is 18.4 Å². The molecule has 0 unspecified atom stereocenters. The summed E-state index contributed by atoms with van der Waals surface area (Å²) in [4.78, 5) is 14.5. The van der Waals surface area contributed by atoms with Crippen LogP contribution < -0.4 is 5.73 Å². The average Bonchev–Trinajstić information content (AvgIpc) is 3.17. The van der Waals surface area contributed by atoms with E-state index in [9.17, 15) is 4.79 Å². The average molecular weight is 271 g/mol. The van der Waals surface area contributed by atoms with Gasteiger partial charge in [0.2, 0.25) is 0 Å². The van der Waals surface area contributed by atoms with Crippen LogP contribution in [0.5, 0.6) is 0 Å². The van der Waals surface area contributed by atoms with Crippen LogP contribution >= 0.6 is 0 Å². The third-order valence-electron chi connectivity index (χ3n) is 3.53. The molecular formula is C15H17N3O2. The largest absolute Gasteiger partial charge is 0.399 e. The second-order valence-electron chi connectivity index (χ2n) is 5.20. The highest BCUT2D eigenvalue weighted by atomic mass is 16.5. The van der Waals surface area contributed by atoms with Gasteiger partial charge in [-0.1, -0.05) is 17.3 Å². The molecule has 20 heavy (non-hydrogen) atoms. The molecule has 1 saturated carbocycles. The van der Waals surface area contributed by atoms with Crippen molar-refractivity contribution in [2.45, 2.75) is 32.4 Å². The molecule has 3 rings (SSSR count). The SMILES string of the molecule is Cc1oncc1C(=O)N(Cc1cccc(N)c1)C1CC1. The van der Waals surface area contributed by atoms with Crippen LogP contribution in [0.15, 0.2) is 35.0 Å². The number of aromatic nitrogens is 1. The summed E-state index contributed by atoms with van der Waals surface area (Å²) in [6.45, 7) is 2.32. The molecule has 2 aromatic rings. The van der Waals surface area contributed by atoms with Gasteiger partial charge in [-0.2, -0.15) is 0 Å². The van der Waals surface area contributed by atoms with Crippen LogP contribution in [0.1, 0.15) is 34.5 Å². The number of nitrogen functional groups attached to an aromatic ring is 1. The number of aryl methyl sites for hydroxylation is 1. The minimum absolute atomic E-state index is 0.0197. The Labute approximate surface area is 117 Å². The minimum Gasteiger partial charge on any atom is -0.399 e. The third-order valence-corrected chi connectivity index (χ3v) is 3.53. The number of nitrogens with two attached hydrogens (primary N) is 1. The van der Waals surface area contributed by atoms with Crippen LogP contribution in [-0.4, -0.2) is 22.0 Å². The van der Waals surface area contributed by atoms with Crippen molar-refractivity contribution in [3.8, 4) is 0 Å². The maximum atomic E-state index is 12.6. The Morgan fingerprint density at radius 2 is 2.30 bits per heavy atom. The first-order chi connectivity index (χ1) is 9.65. The van der Waals surface area contributed by atoms with Crippen molar-refractivity contribution in [1.29, 1.82) is 0 Å². The number of anilines is 1. The van der Waals surface area contributed by atoms with Gasteiger partial charge in [-0.05, 0) is 37.5 Å². The van der Waals surface area contributed by atoms with E-state index in [2.05, 4.69) is 5.16 Å². The van der Waals surface area contributed by atoms with Gasteiger partial charge in [-0.25, -0.2) is 0 Å². The Hall–Kier alpha value is -2.30. The lowest BCUT2D eigenvalue weighted by Crippen LogP contribution is -2.32. The highest BCUT2D eigenvalue weighted by Gasteiger charge is 2.34. The van der Waals surface area contributed by atoms with Gasteiger partial charge in [0, 0.05) is 18.3 Å². The zero-order valence-electron chi connectivity index (χ0n) is 11.4. The van der Waals surface area contributed by atoms with E-state index in [1.807, 2.05) is 29.2 Å². The normalized spacial score (nSPS) is 14.2. The fourth-order valence-corrected chi connectivity index (χ4v) is 2.30. The lowest BCUT2D eigenvalue weighted by molar-refractivity contribution is 0.0728. The Bertz CT molecular complexity index is 632. The molecule has 0 spiro atoms. The molecule has 1 aromatic heterocycles. The van der Waals surface area contributed by atoms with E-state index in [-0.39, 0.29) is 5.91 Å². The zero-order chi connectivity index (χ0) is 14.1. The second kappa shape index (κ2) is 5.00. The molecule has 5 heteroatoms. The fourth-order valence-electron chi connectivity index (χ4n) is 2.30. The predicted molar refractivity (Wildman–Crippen MR) is 75.0 cm³/mol. The quantitative estimate of drug-likeness (QED) is 0.866. The molecule has 0 saturated heterocycles. The number of hydrogen-bond donors (Lipinski definition) is 1. The van der Waals surface area contributed by atoms with Gasteiger partial charge in [0.1, 0.15) is 11.3 Å². The maximum Gasteiger partial charge on any atom is 0.259 e. The molecule has 1 aliphatic rings. The molecule has 0 radical (unpaired) electrons. The molecular weight excluding hydrogens is 254 g/mol. The summed E-state index contributed by atoms with van der Waals surface area (Å²) >= 11 is 0. The number of carbonyl (C=O) groups excluding carboxylic acids is 1. The Kier molecular flexibility index (Phi) is 3.18. The summed E-state index contributed by atoms with van der Waals surface area (Å²) in [5.41, 5.74) is 8.09. The van der Waals surface area contributed by atoms with Crippen molar-refractivity contribution in [1.82, 2.24) is 10.1 Å². The molecule has 5 nitrogen and oxygen atoms in total. The summed E-state index contributed by atoms with van der Waals surface area (Å²) in [7, 11) is 0. The van der Waals surface area contributed by atoms with E-state index < -0.39 is 0 Å². The molecule has 104 valence electrons. The summed E-state index contributed by atoms with van der Waals surface area (Å²) < 4.78 is 4.99. The van der Waals surface area contributed by atoms with Crippen molar-refractivity contribution in [3.63, 3.8) is 0 Å². The van der Waals surface area contributed by atoms with Crippen molar-refractivity contribution in [2.75, 3.05) is 5.73 Å². The topological polar surface area (TPSA) is 72.4 Å². The molecule has 0 aliphatic heterocycles. The fraction of sp³-hybridized carbons (Fsp3) is 0.333. The number of hydrogen-bond acceptors (Lipinski definition) is 4. The van der Waals surface area contributed by atoms with Crippen LogP contribution in [0, 0.1) is 6.92 Å². The molecule has 1 fully saturated rings. The van der Waals surface area contributed by atoms with E-state index in [0.29, 0.717) is 29.6 Å². The van der Waals surface area contributed by atoms with Gasteiger partial charge in [-0.3, -0.25) is 4.79 Å². The van der Waals surface area contributed by atoms with E-state index in [1.54, 1.807) is 6.92 Å². The van der Waals surface area contributed by atoms with Crippen molar-refractivity contribution in [2.24, 2.45) is 0 Å². The van der Waals surface area contributed by atoms with Gasteiger partial charge in [0.15, 0.2) is 0 Å². The Morgan fingerprint density at radius 3 is 2.90 bits per heavy atom. The highest BCUT2D eigenvalue weighted by molar-refractivity contribution is 5.95. The monoisotopic (exact) mass is 271 g/mol. The lowest BCUT2D eigenvalue weighted by Gasteiger charge is -2.22. The molecule has 1 aliphatic carbocycles. The van der Waals surface area contributed by atoms with Crippen LogP contribution in [0.2, 0.25) is 0 Å². The summed E-state index contributed by atoms with van der Waals surface area (Å²) in [6.07, 6.45) is 3.60. The van der Waals surface area contributed by atoms with Gasteiger partial charge in [0.05, 0.1) is 6.20 Å². The van der Waals surface area contributed by atoms with Gasteiger partial charge < -0.3 is 15.2 Å². The van der Waals surface area contributed by atoms with Crippen LogP contribution in [0.25, 0.3) is 0 Å². The first-order valence-electron chi connectivity index (χ1n) is 6.72. The number of benzene rings is 1. The van der Waals surface area contributed by atoms with Crippen molar-refractivity contribution >= 4 is 11.6 Å². The first-order valence-corrected chi connectivity index (χ1v) is 6.72. The zero-order valence-corrected chi connectivity index (χ0v) is 11.4. The summed E-state index contributed by atoms with van der Waals surface area (Å²) in [5, 5.41) is 3.68. The highest BCUT2D eigenvalue weighted by Crippen LogP contribution is 2.30. The first kappa shape index (κ1) is 12.7. The number of amides is 1.